The monoisotopic (exact) mass is 442 g/mol. The van der Waals surface area contributed by atoms with Crippen LogP contribution < -0.4 is 16.6 Å². The first-order valence-corrected chi connectivity index (χ1v) is 11.1. The van der Waals surface area contributed by atoms with Crippen molar-refractivity contribution in [2.45, 2.75) is 32.4 Å². The number of nitrogens with two attached hydrogens (primary N) is 1. The molecule has 3 aromatic heterocycles. The van der Waals surface area contributed by atoms with Crippen LogP contribution in [0.15, 0.2) is 64.2 Å². The lowest BCUT2D eigenvalue weighted by Crippen LogP contribution is -2.19. The Morgan fingerprint density at radius 3 is 2.67 bits per heavy atom. The zero-order valence-electron chi connectivity index (χ0n) is 18.5. The van der Waals surface area contributed by atoms with Gasteiger partial charge in [-0.3, -0.25) is 4.79 Å². The van der Waals surface area contributed by atoms with Crippen LogP contribution in [0.3, 0.4) is 0 Å². The highest BCUT2D eigenvalue weighted by Crippen LogP contribution is 2.33. The van der Waals surface area contributed by atoms with Gasteiger partial charge in [0.15, 0.2) is 17.3 Å². The molecule has 3 N–H and O–H groups in total. The van der Waals surface area contributed by atoms with E-state index < -0.39 is 0 Å². The Labute approximate surface area is 191 Å². The quantitative estimate of drug-likeness (QED) is 0.428. The molecule has 0 aliphatic heterocycles. The first-order chi connectivity index (χ1) is 16.1. The minimum atomic E-state index is -0.0105. The summed E-state index contributed by atoms with van der Waals surface area (Å²) in [7, 11) is 1.92. The maximum Gasteiger partial charge on any atom is 0.250 e. The molecule has 0 radical (unpaired) electrons. The van der Waals surface area contributed by atoms with Gasteiger partial charge < -0.3 is 20.1 Å². The summed E-state index contributed by atoms with van der Waals surface area (Å²) in [6.45, 7) is 1.52. The molecule has 1 fully saturated rings. The van der Waals surface area contributed by atoms with Crippen LogP contribution in [0, 0.1) is 5.92 Å². The van der Waals surface area contributed by atoms with Gasteiger partial charge in [-0.25, -0.2) is 9.97 Å². The second-order valence-electron chi connectivity index (χ2n) is 8.47. The van der Waals surface area contributed by atoms with E-state index in [4.69, 9.17) is 15.2 Å². The molecule has 0 saturated heterocycles. The highest BCUT2D eigenvalue weighted by Gasteiger charge is 2.21. The zero-order chi connectivity index (χ0) is 22.8. The standard InChI is InChI=1S/C25H26N6O2/c1-27-13-17-4-6-18(7-5-17)20-12-22(33-30-20)24-25(26)28-14-21(29-24)19-8-9-23(32)31(15-19)11-10-16-2-3-16/h4-9,12,14-16,27H,2-3,10-11,13H2,1H3,(H2,26,28). The number of nitrogen functional groups attached to an aromatic ring is 1. The zero-order valence-corrected chi connectivity index (χ0v) is 18.5. The molecule has 33 heavy (non-hydrogen) atoms. The Hall–Kier alpha value is -3.78. The third-order valence-electron chi connectivity index (χ3n) is 5.93. The van der Waals surface area contributed by atoms with Crippen molar-refractivity contribution >= 4 is 5.82 Å². The lowest BCUT2D eigenvalue weighted by molar-refractivity contribution is 0.434. The molecule has 1 saturated carbocycles. The van der Waals surface area contributed by atoms with E-state index in [2.05, 4.69) is 15.5 Å². The number of aryl methyl sites for hydroxylation is 1. The number of hydrogen-bond donors (Lipinski definition) is 2. The van der Waals surface area contributed by atoms with Crippen molar-refractivity contribution in [3.63, 3.8) is 0 Å². The van der Waals surface area contributed by atoms with Crippen LogP contribution in [0.1, 0.15) is 24.8 Å². The summed E-state index contributed by atoms with van der Waals surface area (Å²) in [6, 6.07) is 13.3. The minimum Gasteiger partial charge on any atom is -0.382 e. The van der Waals surface area contributed by atoms with Crippen molar-refractivity contribution in [1.82, 2.24) is 25.0 Å². The SMILES string of the molecule is CNCc1ccc(-c2cc(-c3nc(-c4ccc(=O)n(CCC5CC5)c4)cnc3N)on2)cc1. The molecule has 0 unspecified atom stereocenters. The predicted octanol–water partition coefficient (Wildman–Crippen LogP) is 3.73. The number of hydrogen-bond acceptors (Lipinski definition) is 7. The molecule has 8 nitrogen and oxygen atoms in total. The average Bonchev–Trinajstić information content (AvgIpc) is 3.54. The maximum absolute atomic E-state index is 12.3. The Bertz CT molecular complexity index is 1320. The highest BCUT2D eigenvalue weighted by molar-refractivity contribution is 5.72. The Morgan fingerprint density at radius 1 is 1.12 bits per heavy atom. The molecule has 1 aromatic carbocycles. The van der Waals surface area contributed by atoms with Crippen LogP contribution in [0.2, 0.25) is 0 Å². The minimum absolute atomic E-state index is 0.0105. The van der Waals surface area contributed by atoms with Crippen molar-refractivity contribution in [3.8, 4) is 34.0 Å². The number of nitrogens with zero attached hydrogens (tertiary/aromatic N) is 4. The molecule has 0 amide bonds. The summed E-state index contributed by atoms with van der Waals surface area (Å²) < 4.78 is 7.31. The number of benzene rings is 1. The predicted molar refractivity (Wildman–Crippen MR) is 127 cm³/mol. The molecule has 0 atom stereocenters. The second kappa shape index (κ2) is 8.99. The van der Waals surface area contributed by atoms with Crippen LogP contribution in [-0.2, 0) is 13.1 Å². The van der Waals surface area contributed by atoms with Gasteiger partial charge in [0.25, 0.3) is 5.56 Å². The summed E-state index contributed by atoms with van der Waals surface area (Å²) in [6.07, 6.45) is 7.01. The lowest BCUT2D eigenvalue weighted by Gasteiger charge is -2.09. The van der Waals surface area contributed by atoms with E-state index in [0.717, 1.165) is 30.0 Å². The van der Waals surface area contributed by atoms with Gasteiger partial charge >= 0.3 is 0 Å². The van der Waals surface area contributed by atoms with Crippen molar-refractivity contribution in [1.29, 1.82) is 0 Å². The molecule has 168 valence electrons. The molecule has 8 heteroatoms. The van der Waals surface area contributed by atoms with Gasteiger partial charge in [0.05, 0.1) is 11.9 Å². The number of anilines is 1. The third kappa shape index (κ3) is 4.70. The summed E-state index contributed by atoms with van der Waals surface area (Å²) in [5, 5.41) is 7.33. The van der Waals surface area contributed by atoms with Gasteiger partial charge in [-0.05, 0) is 31.0 Å². The Balaban J connectivity index is 1.42. The Morgan fingerprint density at radius 2 is 1.91 bits per heavy atom. The van der Waals surface area contributed by atoms with Crippen molar-refractivity contribution in [3.05, 3.63) is 70.8 Å². The Kier molecular flexibility index (Phi) is 5.75. The van der Waals surface area contributed by atoms with Gasteiger partial charge in [0.2, 0.25) is 0 Å². The van der Waals surface area contributed by atoms with Crippen molar-refractivity contribution in [2.24, 2.45) is 5.92 Å². The third-order valence-corrected chi connectivity index (χ3v) is 5.93. The smallest absolute Gasteiger partial charge is 0.250 e. The van der Waals surface area contributed by atoms with E-state index in [0.29, 0.717) is 29.4 Å². The van der Waals surface area contributed by atoms with Crippen LogP contribution in [0.5, 0.6) is 0 Å². The first-order valence-electron chi connectivity index (χ1n) is 11.1. The summed E-state index contributed by atoms with van der Waals surface area (Å²) in [5.74, 6) is 1.45. The van der Waals surface area contributed by atoms with E-state index in [1.165, 1.54) is 18.4 Å². The fourth-order valence-corrected chi connectivity index (χ4v) is 3.82. The van der Waals surface area contributed by atoms with E-state index >= 15 is 0 Å². The molecule has 5 rings (SSSR count). The topological polar surface area (TPSA) is 112 Å². The molecular weight excluding hydrogens is 416 g/mol. The molecule has 4 aromatic rings. The van der Waals surface area contributed by atoms with Crippen molar-refractivity contribution in [2.75, 3.05) is 12.8 Å². The number of rotatable bonds is 8. The summed E-state index contributed by atoms with van der Waals surface area (Å²) >= 11 is 0. The molecule has 3 heterocycles. The second-order valence-corrected chi connectivity index (χ2v) is 8.47. The molecular formula is C25H26N6O2. The molecule has 1 aliphatic carbocycles. The van der Waals surface area contributed by atoms with Gasteiger partial charge in [-0.15, -0.1) is 0 Å². The van der Waals surface area contributed by atoms with Crippen LogP contribution >= 0.6 is 0 Å². The number of pyridine rings is 1. The largest absolute Gasteiger partial charge is 0.382 e. The fraction of sp³-hybridized carbons (Fsp3) is 0.280. The fourth-order valence-electron chi connectivity index (χ4n) is 3.82. The molecule has 1 aliphatic rings. The van der Waals surface area contributed by atoms with Gasteiger partial charge in [-0.2, -0.15) is 0 Å². The summed E-state index contributed by atoms with van der Waals surface area (Å²) in [4.78, 5) is 21.3. The molecule has 0 bridgehead atoms. The van der Waals surface area contributed by atoms with Gasteiger partial charge in [0.1, 0.15) is 5.69 Å². The average molecular weight is 443 g/mol. The molecule has 0 spiro atoms. The lowest BCUT2D eigenvalue weighted by atomic mass is 10.1. The maximum atomic E-state index is 12.3. The normalized spacial score (nSPS) is 13.4. The highest BCUT2D eigenvalue weighted by atomic mass is 16.5. The van der Waals surface area contributed by atoms with Gasteiger partial charge in [-0.1, -0.05) is 42.3 Å². The van der Waals surface area contributed by atoms with E-state index in [-0.39, 0.29) is 11.4 Å². The van der Waals surface area contributed by atoms with Crippen LogP contribution in [0.4, 0.5) is 5.82 Å². The van der Waals surface area contributed by atoms with Crippen LogP contribution in [-0.4, -0.2) is 26.7 Å². The first kappa shape index (κ1) is 21.1. The summed E-state index contributed by atoms with van der Waals surface area (Å²) in [5.41, 5.74) is 10.8. The van der Waals surface area contributed by atoms with E-state index in [1.54, 1.807) is 22.9 Å². The van der Waals surface area contributed by atoms with Gasteiger partial charge in [0, 0.05) is 42.5 Å². The van der Waals surface area contributed by atoms with Crippen molar-refractivity contribution < 1.29 is 4.52 Å². The number of nitrogens with one attached hydrogen (secondary N) is 1. The van der Waals surface area contributed by atoms with E-state index in [1.807, 2.05) is 43.6 Å². The van der Waals surface area contributed by atoms with E-state index in [9.17, 15) is 4.79 Å². The number of aromatic nitrogens is 4. The van der Waals surface area contributed by atoms with Crippen LogP contribution in [0.25, 0.3) is 34.0 Å².